The molecule has 0 heterocycles. The first-order valence-corrected chi connectivity index (χ1v) is 12.8. The SMILES string of the molecule is CC(C)(C)CNc1ccc(-c2ccc(O)c3c2CC2CC4CC(=O)C(C(N)=O)=C(O)C4C(=O)C2=C3O)cc1. The Hall–Kier alpha value is -4.07. The number of allylic oxidation sites excluding steroid dienone is 2. The van der Waals surface area contributed by atoms with Crippen LogP contribution in [0.3, 0.4) is 0 Å². The number of nitrogens with two attached hydrogens (primary N) is 1. The van der Waals surface area contributed by atoms with Gasteiger partial charge in [-0.2, -0.15) is 0 Å². The highest BCUT2D eigenvalue weighted by molar-refractivity contribution is 6.21. The van der Waals surface area contributed by atoms with Crippen molar-refractivity contribution in [2.45, 2.75) is 40.0 Å². The average molecular weight is 517 g/mol. The van der Waals surface area contributed by atoms with E-state index in [0.29, 0.717) is 12.8 Å². The van der Waals surface area contributed by atoms with Crippen LogP contribution in [-0.2, 0) is 20.8 Å². The molecular weight excluding hydrogens is 484 g/mol. The van der Waals surface area contributed by atoms with Crippen LogP contribution in [0.2, 0.25) is 0 Å². The van der Waals surface area contributed by atoms with E-state index in [1.807, 2.05) is 24.3 Å². The number of rotatable bonds is 4. The number of phenols is 1. The number of fused-ring (bicyclic) bond motifs is 3. The second-order valence-electron chi connectivity index (χ2n) is 11.7. The number of carbonyl (C=O) groups is 3. The Labute approximate surface area is 220 Å². The minimum atomic E-state index is -1.12. The number of amides is 1. The Morgan fingerprint density at radius 3 is 2.34 bits per heavy atom. The van der Waals surface area contributed by atoms with Crippen LogP contribution >= 0.6 is 0 Å². The van der Waals surface area contributed by atoms with E-state index < -0.39 is 46.6 Å². The number of aromatic hydroxyl groups is 1. The lowest BCUT2D eigenvalue weighted by atomic mass is 9.61. The summed E-state index contributed by atoms with van der Waals surface area (Å²) in [5.74, 6) is -5.32. The summed E-state index contributed by atoms with van der Waals surface area (Å²) in [6.45, 7) is 7.28. The molecule has 0 saturated heterocycles. The molecule has 5 rings (SSSR count). The van der Waals surface area contributed by atoms with Crippen molar-refractivity contribution >= 4 is 28.9 Å². The number of hydrogen-bond donors (Lipinski definition) is 5. The molecule has 38 heavy (non-hydrogen) atoms. The predicted molar refractivity (Wildman–Crippen MR) is 143 cm³/mol. The number of phenolic OH excluding ortho intramolecular Hbond substituents is 1. The van der Waals surface area contributed by atoms with Crippen LogP contribution in [0.15, 0.2) is 53.3 Å². The second kappa shape index (κ2) is 9.04. The van der Waals surface area contributed by atoms with E-state index in [2.05, 4.69) is 26.1 Å². The number of nitrogens with one attached hydrogen (secondary N) is 1. The number of hydrogen-bond acceptors (Lipinski definition) is 7. The first-order chi connectivity index (χ1) is 17.9. The van der Waals surface area contributed by atoms with Crippen molar-refractivity contribution in [3.05, 3.63) is 64.4 Å². The second-order valence-corrected chi connectivity index (χ2v) is 11.7. The van der Waals surface area contributed by atoms with Crippen LogP contribution in [0.4, 0.5) is 5.69 Å². The van der Waals surface area contributed by atoms with Gasteiger partial charge in [-0.05, 0) is 65.0 Å². The molecule has 3 aliphatic rings. The Morgan fingerprint density at radius 1 is 1.03 bits per heavy atom. The van der Waals surface area contributed by atoms with Gasteiger partial charge < -0.3 is 26.4 Å². The van der Waals surface area contributed by atoms with Gasteiger partial charge in [0.2, 0.25) is 0 Å². The molecule has 8 nitrogen and oxygen atoms in total. The van der Waals surface area contributed by atoms with Gasteiger partial charge in [0.1, 0.15) is 22.8 Å². The molecule has 0 radical (unpaired) electrons. The molecular formula is C30H32N2O6. The highest BCUT2D eigenvalue weighted by atomic mass is 16.3. The molecule has 2 aromatic rings. The molecule has 0 aliphatic heterocycles. The number of benzene rings is 2. The third-order valence-electron chi connectivity index (χ3n) is 7.79. The largest absolute Gasteiger partial charge is 0.511 e. The Bertz CT molecular complexity index is 1430. The molecule has 1 fully saturated rings. The monoisotopic (exact) mass is 516 g/mol. The van der Waals surface area contributed by atoms with E-state index in [1.54, 1.807) is 6.07 Å². The van der Waals surface area contributed by atoms with Gasteiger partial charge in [0.15, 0.2) is 11.6 Å². The first kappa shape index (κ1) is 25.6. The van der Waals surface area contributed by atoms with Crippen LogP contribution in [0.1, 0.15) is 44.7 Å². The zero-order chi connectivity index (χ0) is 27.5. The quantitative estimate of drug-likeness (QED) is 0.377. The predicted octanol–water partition coefficient (Wildman–Crippen LogP) is 4.43. The number of aliphatic hydroxyl groups is 2. The molecule has 8 heteroatoms. The van der Waals surface area contributed by atoms with Gasteiger partial charge >= 0.3 is 0 Å². The van der Waals surface area contributed by atoms with Crippen LogP contribution in [0.5, 0.6) is 5.75 Å². The molecule has 2 aromatic carbocycles. The molecule has 3 aliphatic carbocycles. The van der Waals surface area contributed by atoms with E-state index >= 15 is 0 Å². The summed E-state index contributed by atoms with van der Waals surface area (Å²) in [6.07, 6.45) is 0.659. The fourth-order valence-electron chi connectivity index (χ4n) is 6.05. The van der Waals surface area contributed by atoms with E-state index in [0.717, 1.165) is 28.9 Å². The smallest absolute Gasteiger partial charge is 0.255 e. The lowest BCUT2D eigenvalue weighted by Gasteiger charge is -2.41. The van der Waals surface area contributed by atoms with Gasteiger partial charge in [-0.25, -0.2) is 0 Å². The molecule has 1 amide bonds. The highest BCUT2D eigenvalue weighted by Gasteiger charge is 2.51. The van der Waals surface area contributed by atoms with Crippen molar-refractivity contribution in [1.82, 2.24) is 0 Å². The molecule has 198 valence electrons. The Kier molecular flexibility index (Phi) is 6.09. The number of Topliss-reactive ketones (excluding diaryl/α,β-unsaturated/α-hetero) is 2. The maximum atomic E-state index is 13.6. The zero-order valence-corrected chi connectivity index (χ0v) is 21.7. The minimum Gasteiger partial charge on any atom is -0.511 e. The van der Waals surface area contributed by atoms with Gasteiger partial charge in [-0.1, -0.05) is 39.0 Å². The number of carbonyl (C=O) groups excluding carboxylic acids is 3. The molecule has 0 bridgehead atoms. The normalized spacial score (nSPS) is 23.1. The van der Waals surface area contributed by atoms with Crippen LogP contribution in [-0.4, -0.2) is 39.3 Å². The standard InChI is InChI=1S/C30H32N2O6/c1-30(2,3)13-32-17-6-4-14(5-7-17)18-8-9-20(33)24-19(18)11-15-10-16-12-21(34)25(29(31)38)28(37)23(16)26(35)22(15)27(24)36/h4-9,15-16,23,32-33,36-37H,10-13H2,1-3H3,(H2,31,38). The van der Waals surface area contributed by atoms with Crippen molar-refractivity contribution in [1.29, 1.82) is 0 Å². The molecule has 1 saturated carbocycles. The summed E-state index contributed by atoms with van der Waals surface area (Å²) in [5, 5.41) is 36.1. The summed E-state index contributed by atoms with van der Waals surface area (Å²) in [5.41, 5.74) is 8.61. The van der Waals surface area contributed by atoms with Crippen molar-refractivity contribution < 1.29 is 29.7 Å². The van der Waals surface area contributed by atoms with Crippen LogP contribution in [0, 0.1) is 23.2 Å². The molecule has 0 aromatic heterocycles. The van der Waals surface area contributed by atoms with E-state index in [4.69, 9.17) is 5.73 Å². The fourth-order valence-corrected chi connectivity index (χ4v) is 6.05. The molecule has 3 unspecified atom stereocenters. The number of aliphatic hydroxyl groups excluding tert-OH is 2. The summed E-state index contributed by atoms with van der Waals surface area (Å²) < 4.78 is 0. The van der Waals surface area contributed by atoms with Crippen molar-refractivity contribution in [2.24, 2.45) is 28.9 Å². The van der Waals surface area contributed by atoms with E-state index in [1.165, 1.54) is 6.07 Å². The Balaban J connectivity index is 1.55. The first-order valence-electron chi connectivity index (χ1n) is 12.8. The van der Waals surface area contributed by atoms with Crippen molar-refractivity contribution in [2.75, 3.05) is 11.9 Å². The molecule has 6 N–H and O–H groups in total. The molecule has 0 spiro atoms. The third kappa shape index (κ3) is 4.23. The molecule has 3 atom stereocenters. The fraction of sp³-hybridized carbons (Fsp3) is 0.367. The van der Waals surface area contributed by atoms with Gasteiger partial charge in [-0.15, -0.1) is 0 Å². The summed E-state index contributed by atoms with van der Waals surface area (Å²) in [7, 11) is 0. The van der Waals surface area contributed by atoms with Crippen molar-refractivity contribution in [3.8, 4) is 16.9 Å². The number of anilines is 1. The Morgan fingerprint density at radius 2 is 1.71 bits per heavy atom. The summed E-state index contributed by atoms with van der Waals surface area (Å²) >= 11 is 0. The topological polar surface area (TPSA) is 150 Å². The average Bonchev–Trinajstić information content (AvgIpc) is 2.82. The maximum Gasteiger partial charge on any atom is 0.255 e. The van der Waals surface area contributed by atoms with Gasteiger partial charge in [0.05, 0.1) is 11.5 Å². The maximum absolute atomic E-state index is 13.6. The zero-order valence-electron chi connectivity index (χ0n) is 21.7. The van der Waals surface area contributed by atoms with E-state index in [9.17, 15) is 29.7 Å². The van der Waals surface area contributed by atoms with Gasteiger partial charge in [-0.3, -0.25) is 14.4 Å². The lowest BCUT2D eigenvalue weighted by Crippen LogP contribution is -2.44. The van der Waals surface area contributed by atoms with Crippen molar-refractivity contribution in [3.63, 3.8) is 0 Å². The highest BCUT2D eigenvalue weighted by Crippen LogP contribution is 2.51. The van der Waals surface area contributed by atoms with E-state index in [-0.39, 0.29) is 34.5 Å². The summed E-state index contributed by atoms with van der Waals surface area (Å²) in [4.78, 5) is 37.8. The third-order valence-corrected chi connectivity index (χ3v) is 7.79. The summed E-state index contributed by atoms with van der Waals surface area (Å²) in [6, 6.07) is 11.2. The number of primary amides is 1. The lowest BCUT2D eigenvalue weighted by molar-refractivity contribution is -0.127. The number of ketones is 2. The minimum absolute atomic E-state index is 0.0773. The van der Waals surface area contributed by atoms with Gasteiger partial charge in [0.25, 0.3) is 5.91 Å². The van der Waals surface area contributed by atoms with Crippen LogP contribution < -0.4 is 11.1 Å². The van der Waals surface area contributed by atoms with Crippen LogP contribution in [0.25, 0.3) is 16.9 Å². The van der Waals surface area contributed by atoms with Gasteiger partial charge in [0, 0.05) is 24.2 Å².